The molecule has 178 valence electrons. The van der Waals surface area contributed by atoms with Gasteiger partial charge in [-0.15, -0.1) is 0 Å². The predicted molar refractivity (Wildman–Crippen MR) is 145 cm³/mol. The van der Waals surface area contributed by atoms with Gasteiger partial charge in [-0.3, -0.25) is 4.99 Å². The Labute approximate surface area is 201 Å². The molecule has 1 aliphatic heterocycles. The van der Waals surface area contributed by atoms with E-state index in [9.17, 15) is 0 Å². The maximum absolute atomic E-state index is 4.97. The van der Waals surface area contributed by atoms with Crippen molar-refractivity contribution in [3.8, 4) is 0 Å². The van der Waals surface area contributed by atoms with Crippen LogP contribution in [0.3, 0.4) is 0 Å². The first-order valence-electron chi connectivity index (χ1n) is 11.8. The molecule has 1 aromatic rings. The van der Waals surface area contributed by atoms with E-state index in [2.05, 4.69) is 99.3 Å². The summed E-state index contributed by atoms with van der Waals surface area (Å²) >= 11 is 0. The maximum atomic E-state index is 4.97. The maximum Gasteiger partial charge on any atom is 0.0895 e. The second kappa shape index (κ2) is 12.4. The van der Waals surface area contributed by atoms with E-state index < -0.39 is 0 Å². The smallest absolute Gasteiger partial charge is 0.0895 e. The summed E-state index contributed by atoms with van der Waals surface area (Å²) in [5.41, 5.74) is 7.23. The highest BCUT2D eigenvalue weighted by Gasteiger charge is 2.21. The standard InChI is InChI=1S/C29H42N4/c1-9-10-11-23(3)32-24(4)28(27(30-8)26-14-12-22(2)13-15-26)33-18-16-25(17-19-33)20-31-21-29(5,6)7/h9-18,24,30-31H,1,19-21H2,2-8H3/b11-10-,28-27-,32-23?. The average Bonchev–Trinajstić information content (AvgIpc) is 2.76. The van der Waals surface area contributed by atoms with Gasteiger partial charge >= 0.3 is 0 Å². The van der Waals surface area contributed by atoms with Crippen LogP contribution in [0.15, 0.2) is 83.7 Å². The molecule has 0 aromatic heterocycles. The molecule has 0 saturated heterocycles. The fraction of sp³-hybridized carbons (Fsp3) is 0.414. The zero-order valence-corrected chi connectivity index (χ0v) is 21.6. The normalized spacial score (nSPS) is 16.5. The number of hydrogen-bond acceptors (Lipinski definition) is 4. The summed E-state index contributed by atoms with van der Waals surface area (Å²) in [6.45, 7) is 19.5. The van der Waals surface area contributed by atoms with E-state index in [0.717, 1.165) is 42.3 Å². The van der Waals surface area contributed by atoms with E-state index in [1.165, 1.54) is 11.1 Å². The van der Waals surface area contributed by atoms with Crippen molar-refractivity contribution in [2.45, 2.75) is 47.6 Å². The molecule has 0 radical (unpaired) electrons. The second-order valence-electron chi connectivity index (χ2n) is 9.83. The van der Waals surface area contributed by atoms with Crippen molar-refractivity contribution in [1.82, 2.24) is 15.5 Å². The first-order chi connectivity index (χ1) is 15.6. The second-order valence-corrected chi connectivity index (χ2v) is 9.83. The first-order valence-corrected chi connectivity index (χ1v) is 11.8. The van der Waals surface area contributed by atoms with Gasteiger partial charge in [-0.1, -0.05) is 75.4 Å². The van der Waals surface area contributed by atoms with Crippen molar-refractivity contribution >= 4 is 11.4 Å². The minimum atomic E-state index is -0.0261. The fourth-order valence-electron chi connectivity index (χ4n) is 3.77. The Morgan fingerprint density at radius 3 is 2.48 bits per heavy atom. The van der Waals surface area contributed by atoms with Crippen LogP contribution >= 0.6 is 0 Å². The van der Waals surface area contributed by atoms with Gasteiger partial charge in [0.15, 0.2) is 0 Å². The molecule has 2 rings (SSSR count). The van der Waals surface area contributed by atoms with Crippen LogP contribution in [0.25, 0.3) is 5.70 Å². The lowest BCUT2D eigenvalue weighted by Crippen LogP contribution is -2.32. The number of aryl methyl sites for hydroxylation is 1. The molecule has 1 atom stereocenters. The van der Waals surface area contributed by atoms with Crippen LogP contribution in [0.4, 0.5) is 0 Å². The van der Waals surface area contributed by atoms with Gasteiger partial charge in [-0.05, 0) is 49.5 Å². The summed E-state index contributed by atoms with van der Waals surface area (Å²) in [4.78, 5) is 7.28. The summed E-state index contributed by atoms with van der Waals surface area (Å²) in [7, 11) is 1.99. The fourth-order valence-corrected chi connectivity index (χ4v) is 3.77. The topological polar surface area (TPSA) is 39.7 Å². The SMILES string of the molecule is C=C/C=C\C(C)=NC(C)/C(=C(/NC)c1ccc(C)cc1)N1C=CC(CNCC(C)(C)C)=CC1. The van der Waals surface area contributed by atoms with Crippen molar-refractivity contribution in [3.63, 3.8) is 0 Å². The monoisotopic (exact) mass is 446 g/mol. The Hall–Kier alpha value is -2.85. The van der Waals surface area contributed by atoms with Crippen LogP contribution < -0.4 is 10.6 Å². The highest BCUT2D eigenvalue weighted by Crippen LogP contribution is 2.26. The zero-order valence-electron chi connectivity index (χ0n) is 21.6. The largest absolute Gasteiger partial charge is 0.386 e. The lowest BCUT2D eigenvalue weighted by atomic mass is 9.97. The van der Waals surface area contributed by atoms with Crippen molar-refractivity contribution in [3.05, 3.63) is 89.8 Å². The van der Waals surface area contributed by atoms with E-state index in [0.29, 0.717) is 0 Å². The molecule has 0 spiro atoms. The summed E-state index contributed by atoms with van der Waals surface area (Å²) in [6.07, 6.45) is 12.4. The van der Waals surface area contributed by atoms with E-state index in [4.69, 9.17) is 4.99 Å². The average molecular weight is 447 g/mol. The molecule has 0 saturated carbocycles. The molecule has 0 bridgehead atoms. The summed E-state index contributed by atoms with van der Waals surface area (Å²) < 4.78 is 0. The van der Waals surface area contributed by atoms with Crippen molar-refractivity contribution in [2.24, 2.45) is 10.4 Å². The van der Waals surface area contributed by atoms with Gasteiger partial charge in [0.05, 0.1) is 17.4 Å². The minimum absolute atomic E-state index is 0.0261. The third-order valence-electron chi connectivity index (χ3n) is 5.43. The number of hydrogen-bond donors (Lipinski definition) is 2. The molecule has 1 unspecified atom stereocenters. The molecule has 0 aliphatic carbocycles. The highest BCUT2D eigenvalue weighted by molar-refractivity contribution is 5.93. The summed E-state index contributed by atoms with van der Waals surface area (Å²) in [5, 5.41) is 7.03. The Morgan fingerprint density at radius 1 is 1.24 bits per heavy atom. The van der Waals surface area contributed by atoms with E-state index in [1.807, 2.05) is 26.1 Å². The van der Waals surface area contributed by atoms with Crippen LogP contribution in [-0.2, 0) is 0 Å². The summed E-state index contributed by atoms with van der Waals surface area (Å²) in [6, 6.07) is 8.63. The molecule has 1 heterocycles. The van der Waals surface area contributed by atoms with Gasteiger partial charge in [-0.2, -0.15) is 0 Å². The lowest BCUT2D eigenvalue weighted by molar-refractivity contribution is 0.386. The van der Waals surface area contributed by atoms with Crippen LogP contribution in [-0.4, -0.2) is 43.3 Å². The Kier molecular flexibility index (Phi) is 9.93. The first kappa shape index (κ1) is 26.4. The molecule has 1 aromatic carbocycles. The number of allylic oxidation sites excluding steroid dienone is 3. The highest BCUT2D eigenvalue weighted by atomic mass is 15.2. The quantitative estimate of drug-likeness (QED) is 0.349. The van der Waals surface area contributed by atoms with E-state index in [-0.39, 0.29) is 11.5 Å². The van der Waals surface area contributed by atoms with Crippen molar-refractivity contribution < 1.29 is 0 Å². The number of aliphatic imine (C=N–C) groups is 1. The number of benzene rings is 1. The molecule has 33 heavy (non-hydrogen) atoms. The molecule has 1 aliphatic rings. The molecule has 4 heteroatoms. The number of nitrogens with zero attached hydrogens (tertiary/aromatic N) is 2. The Balaban J connectivity index is 2.36. The molecule has 0 fully saturated rings. The predicted octanol–water partition coefficient (Wildman–Crippen LogP) is 5.87. The molecule has 0 amide bonds. The Morgan fingerprint density at radius 2 is 1.94 bits per heavy atom. The van der Waals surface area contributed by atoms with Gasteiger partial charge in [0.25, 0.3) is 0 Å². The van der Waals surface area contributed by atoms with Gasteiger partial charge in [0.2, 0.25) is 0 Å². The minimum Gasteiger partial charge on any atom is -0.386 e. The summed E-state index contributed by atoms with van der Waals surface area (Å²) in [5.74, 6) is 0. The number of nitrogens with one attached hydrogen (secondary N) is 2. The third-order valence-corrected chi connectivity index (χ3v) is 5.43. The van der Waals surface area contributed by atoms with Crippen LogP contribution in [0.5, 0.6) is 0 Å². The van der Waals surface area contributed by atoms with Crippen molar-refractivity contribution in [2.75, 3.05) is 26.7 Å². The van der Waals surface area contributed by atoms with Gasteiger partial charge in [0, 0.05) is 38.6 Å². The lowest BCUT2D eigenvalue weighted by Gasteiger charge is -2.31. The van der Waals surface area contributed by atoms with Crippen LogP contribution in [0.2, 0.25) is 0 Å². The van der Waals surface area contributed by atoms with Gasteiger partial charge in [-0.25, -0.2) is 0 Å². The van der Waals surface area contributed by atoms with Crippen molar-refractivity contribution in [1.29, 1.82) is 0 Å². The molecule has 4 nitrogen and oxygen atoms in total. The van der Waals surface area contributed by atoms with Crippen LogP contribution in [0.1, 0.15) is 45.7 Å². The molecule has 2 N–H and O–H groups in total. The number of rotatable bonds is 10. The molecular formula is C29H42N4. The van der Waals surface area contributed by atoms with Gasteiger partial charge < -0.3 is 15.5 Å². The van der Waals surface area contributed by atoms with E-state index in [1.54, 1.807) is 6.08 Å². The third kappa shape index (κ3) is 8.54. The zero-order chi connectivity index (χ0) is 24.4. The molecular weight excluding hydrogens is 404 g/mol. The Bertz CT molecular complexity index is 937. The van der Waals surface area contributed by atoms with Crippen LogP contribution in [0, 0.1) is 12.3 Å². The van der Waals surface area contributed by atoms with Gasteiger partial charge in [0.1, 0.15) is 0 Å². The van der Waals surface area contributed by atoms with E-state index >= 15 is 0 Å².